The summed E-state index contributed by atoms with van der Waals surface area (Å²) in [4.78, 5) is 12.1. The van der Waals surface area contributed by atoms with E-state index in [4.69, 9.17) is 4.74 Å². The maximum atomic E-state index is 13.6. The van der Waals surface area contributed by atoms with Gasteiger partial charge in [-0.3, -0.25) is 4.79 Å². The molecule has 0 aliphatic rings. The summed E-state index contributed by atoms with van der Waals surface area (Å²) in [6, 6.07) is 18.2. The van der Waals surface area contributed by atoms with E-state index in [0.29, 0.717) is 6.54 Å². The number of carbonyl (C=O) groups is 1. The van der Waals surface area contributed by atoms with E-state index in [0.717, 1.165) is 16.3 Å². The molecule has 0 spiro atoms. The number of rotatable bonds is 4. The van der Waals surface area contributed by atoms with Crippen LogP contribution in [0.2, 0.25) is 0 Å². The summed E-state index contributed by atoms with van der Waals surface area (Å²) in [6.45, 7) is 0.386. The van der Waals surface area contributed by atoms with Gasteiger partial charge >= 0.3 is 0 Å². The summed E-state index contributed by atoms with van der Waals surface area (Å²) in [5.74, 6) is -0.748. The number of halogens is 1. The highest BCUT2D eigenvalue weighted by atomic mass is 19.1. The Balaban J connectivity index is 1.71. The Morgan fingerprint density at radius 3 is 2.57 bits per heavy atom. The molecule has 1 amide bonds. The number of nitrogens with one attached hydrogen (secondary N) is 1. The molecule has 0 saturated carbocycles. The average Bonchev–Trinajstić information content (AvgIpc) is 2.59. The standard InChI is InChI=1S/C19H16FNO2/c1-23-18-9-8-16(11-17(18)20)19(22)21-12-13-6-7-14-4-2-3-5-15(14)10-13/h2-11H,12H2,1H3,(H,21,22). The van der Waals surface area contributed by atoms with Crippen molar-refractivity contribution in [2.45, 2.75) is 6.54 Å². The fraction of sp³-hybridized carbons (Fsp3) is 0.105. The Hall–Kier alpha value is -2.88. The van der Waals surface area contributed by atoms with Gasteiger partial charge in [-0.15, -0.1) is 0 Å². The quantitative estimate of drug-likeness (QED) is 0.793. The molecule has 0 heterocycles. The lowest BCUT2D eigenvalue weighted by Crippen LogP contribution is -2.22. The molecule has 0 aliphatic heterocycles. The van der Waals surface area contributed by atoms with Gasteiger partial charge in [0.05, 0.1) is 7.11 Å². The molecule has 4 heteroatoms. The zero-order valence-corrected chi connectivity index (χ0v) is 12.7. The highest BCUT2D eigenvalue weighted by molar-refractivity contribution is 5.94. The highest BCUT2D eigenvalue weighted by Gasteiger charge is 2.10. The second-order valence-corrected chi connectivity index (χ2v) is 5.21. The molecule has 0 unspecified atom stereocenters. The summed E-state index contributed by atoms with van der Waals surface area (Å²) in [5.41, 5.74) is 1.26. The van der Waals surface area contributed by atoms with Gasteiger partial charge in [-0.05, 0) is 40.6 Å². The Morgan fingerprint density at radius 2 is 1.83 bits per heavy atom. The van der Waals surface area contributed by atoms with Gasteiger partial charge in [0.15, 0.2) is 11.6 Å². The van der Waals surface area contributed by atoms with Crippen molar-refractivity contribution in [2.24, 2.45) is 0 Å². The molecule has 0 fully saturated rings. The third-order valence-corrected chi connectivity index (χ3v) is 3.68. The Labute approximate surface area is 133 Å². The van der Waals surface area contributed by atoms with Crippen LogP contribution in [0.1, 0.15) is 15.9 Å². The summed E-state index contributed by atoms with van der Waals surface area (Å²) in [7, 11) is 1.39. The molecular weight excluding hydrogens is 293 g/mol. The molecule has 0 aliphatic carbocycles. The highest BCUT2D eigenvalue weighted by Crippen LogP contribution is 2.18. The van der Waals surface area contributed by atoms with E-state index in [9.17, 15) is 9.18 Å². The van der Waals surface area contributed by atoms with Crippen LogP contribution < -0.4 is 10.1 Å². The molecule has 0 bridgehead atoms. The molecule has 3 rings (SSSR count). The maximum Gasteiger partial charge on any atom is 0.251 e. The van der Waals surface area contributed by atoms with Crippen molar-refractivity contribution in [1.82, 2.24) is 5.32 Å². The van der Waals surface area contributed by atoms with E-state index in [1.807, 2.05) is 42.5 Å². The minimum absolute atomic E-state index is 0.121. The van der Waals surface area contributed by atoms with Gasteiger partial charge in [0, 0.05) is 12.1 Å². The van der Waals surface area contributed by atoms with Crippen molar-refractivity contribution >= 4 is 16.7 Å². The number of hydrogen-bond donors (Lipinski definition) is 1. The fourth-order valence-corrected chi connectivity index (χ4v) is 2.44. The Morgan fingerprint density at radius 1 is 1.04 bits per heavy atom. The third-order valence-electron chi connectivity index (χ3n) is 3.68. The van der Waals surface area contributed by atoms with Gasteiger partial charge in [0.25, 0.3) is 5.91 Å². The summed E-state index contributed by atoms with van der Waals surface area (Å²) >= 11 is 0. The van der Waals surface area contributed by atoms with Crippen LogP contribution >= 0.6 is 0 Å². The number of fused-ring (bicyclic) bond motifs is 1. The molecule has 116 valence electrons. The third kappa shape index (κ3) is 3.31. The number of methoxy groups -OCH3 is 1. The number of hydrogen-bond acceptors (Lipinski definition) is 2. The van der Waals surface area contributed by atoms with Crippen molar-refractivity contribution < 1.29 is 13.9 Å². The van der Waals surface area contributed by atoms with Crippen LogP contribution in [0.4, 0.5) is 4.39 Å². The van der Waals surface area contributed by atoms with E-state index in [-0.39, 0.29) is 17.2 Å². The number of carbonyl (C=O) groups excluding carboxylic acids is 1. The van der Waals surface area contributed by atoms with E-state index in [1.54, 1.807) is 0 Å². The van der Waals surface area contributed by atoms with Crippen LogP contribution in [-0.4, -0.2) is 13.0 Å². The lowest BCUT2D eigenvalue weighted by Gasteiger charge is -2.08. The molecule has 3 nitrogen and oxygen atoms in total. The maximum absolute atomic E-state index is 13.6. The Bertz CT molecular complexity index is 861. The van der Waals surface area contributed by atoms with Crippen LogP contribution in [0.25, 0.3) is 10.8 Å². The normalized spacial score (nSPS) is 10.5. The van der Waals surface area contributed by atoms with E-state index in [2.05, 4.69) is 5.32 Å². The molecule has 3 aromatic carbocycles. The fourth-order valence-electron chi connectivity index (χ4n) is 2.44. The van der Waals surface area contributed by atoms with Crippen LogP contribution in [0.3, 0.4) is 0 Å². The first-order valence-electron chi connectivity index (χ1n) is 7.27. The SMILES string of the molecule is COc1ccc(C(=O)NCc2ccc3ccccc3c2)cc1F. The number of amides is 1. The molecule has 3 aromatic rings. The zero-order valence-electron chi connectivity index (χ0n) is 12.7. The lowest BCUT2D eigenvalue weighted by atomic mass is 10.1. The smallest absolute Gasteiger partial charge is 0.251 e. The summed E-state index contributed by atoms with van der Waals surface area (Å²) in [5, 5.41) is 5.07. The van der Waals surface area contributed by atoms with Crippen molar-refractivity contribution in [3.63, 3.8) is 0 Å². The number of benzene rings is 3. The predicted molar refractivity (Wildman–Crippen MR) is 88.1 cm³/mol. The van der Waals surface area contributed by atoms with Crippen molar-refractivity contribution in [1.29, 1.82) is 0 Å². The van der Waals surface area contributed by atoms with Crippen LogP contribution in [0.15, 0.2) is 60.7 Å². The summed E-state index contributed by atoms with van der Waals surface area (Å²) < 4.78 is 18.5. The summed E-state index contributed by atoms with van der Waals surface area (Å²) in [6.07, 6.45) is 0. The van der Waals surface area contributed by atoms with Gasteiger partial charge in [-0.1, -0.05) is 36.4 Å². The molecule has 1 N–H and O–H groups in total. The average molecular weight is 309 g/mol. The molecule has 0 aromatic heterocycles. The van der Waals surface area contributed by atoms with E-state index < -0.39 is 5.82 Å². The second kappa shape index (κ2) is 6.48. The predicted octanol–water partition coefficient (Wildman–Crippen LogP) is 3.92. The van der Waals surface area contributed by atoms with Gasteiger partial charge in [0.2, 0.25) is 0 Å². The topological polar surface area (TPSA) is 38.3 Å². The van der Waals surface area contributed by atoms with E-state index in [1.165, 1.54) is 25.3 Å². The van der Waals surface area contributed by atoms with Crippen molar-refractivity contribution in [3.05, 3.63) is 77.6 Å². The van der Waals surface area contributed by atoms with Gasteiger partial charge < -0.3 is 10.1 Å². The first kappa shape index (κ1) is 15.0. The minimum Gasteiger partial charge on any atom is -0.494 e. The van der Waals surface area contributed by atoms with Crippen molar-refractivity contribution in [3.8, 4) is 5.75 Å². The molecular formula is C19H16FNO2. The molecule has 0 atom stereocenters. The molecule has 0 saturated heterocycles. The number of ether oxygens (including phenoxy) is 1. The monoisotopic (exact) mass is 309 g/mol. The Kier molecular flexibility index (Phi) is 4.24. The second-order valence-electron chi connectivity index (χ2n) is 5.21. The molecule has 23 heavy (non-hydrogen) atoms. The first-order chi connectivity index (χ1) is 11.2. The van der Waals surface area contributed by atoms with Crippen LogP contribution in [-0.2, 0) is 6.54 Å². The van der Waals surface area contributed by atoms with Crippen LogP contribution in [0.5, 0.6) is 5.75 Å². The minimum atomic E-state index is -0.550. The van der Waals surface area contributed by atoms with E-state index >= 15 is 0 Å². The largest absolute Gasteiger partial charge is 0.494 e. The molecule has 0 radical (unpaired) electrons. The van der Waals surface area contributed by atoms with Gasteiger partial charge in [-0.25, -0.2) is 4.39 Å². The zero-order chi connectivity index (χ0) is 16.2. The first-order valence-corrected chi connectivity index (χ1v) is 7.27. The van der Waals surface area contributed by atoms with Gasteiger partial charge in [-0.2, -0.15) is 0 Å². The van der Waals surface area contributed by atoms with Gasteiger partial charge in [0.1, 0.15) is 0 Å². The van der Waals surface area contributed by atoms with Crippen LogP contribution in [0, 0.1) is 5.82 Å². The van der Waals surface area contributed by atoms with Crippen molar-refractivity contribution in [2.75, 3.05) is 7.11 Å². The lowest BCUT2D eigenvalue weighted by molar-refractivity contribution is 0.0950.